The summed E-state index contributed by atoms with van der Waals surface area (Å²) in [4.78, 5) is 29.3. The Balaban J connectivity index is 0.00000117. The molecule has 0 amide bonds. The molecule has 19 heteroatoms. The molecule has 0 saturated heterocycles. The van der Waals surface area contributed by atoms with E-state index in [0.29, 0.717) is 0 Å². The Morgan fingerprint density at radius 1 is 0.846 bits per heavy atom. The van der Waals surface area contributed by atoms with Gasteiger partial charge in [-0.2, -0.15) is 5.10 Å². The lowest BCUT2D eigenvalue weighted by Gasteiger charge is -1.90. The standard InChI is InChI=1S/C7HN9O8.H3NO/c17-14(18)3-1(4-10-12-6(23-4)15(19)20)8-9-2(3)5-11-13-7(24-5)16(21)22;1-2/h(H,8,9);2H,1H2. The minimum Gasteiger partial charge on any atom is -0.359 e. The van der Waals surface area contributed by atoms with Crippen molar-refractivity contribution in [3.05, 3.63) is 30.3 Å². The van der Waals surface area contributed by atoms with Crippen molar-refractivity contribution in [1.82, 2.24) is 30.6 Å². The van der Waals surface area contributed by atoms with Crippen LogP contribution in [0.2, 0.25) is 0 Å². The largest absolute Gasteiger partial charge is 0.572 e. The maximum absolute atomic E-state index is 11.2. The lowest BCUT2D eigenvalue weighted by atomic mass is 10.3. The van der Waals surface area contributed by atoms with Crippen LogP contribution in [0.1, 0.15) is 0 Å². The molecule has 136 valence electrons. The van der Waals surface area contributed by atoms with E-state index in [1.165, 1.54) is 0 Å². The minimum atomic E-state index is -1.00. The molecule has 26 heavy (non-hydrogen) atoms. The lowest BCUT2D eigenvalue weighted by Crippen LogP contribution is -1.92. The Bertz CT molecular complexity index is 902. The summed E-state index contributed by atoms with van der Waals surface area (Å²) in [5, 5.41) is 57.1. The van der Waals surface area contributed by atoms with E-state index in [4.69, 9.17) is 5.21 Å². The summed E-state index contributed by atoms with van der Waals surface area (Å²) < 4.78 is 9.27. The van der Waals surface area contributed by atoms with Gasteiger partial charge in [0.25, 0.3) is 0 Å². The second-order valence-electron chi connectivity index (χ2n) is 3.85. The van der Waals surface area contributed by atoms with Crippen LogP contribution >= 0.6 is 0 Å². The van der Waals surface area contributed by atoms with Gasteiger partial charge < -0.3 is 34.3 Å². The van der Waals surface area contributed by atoms with Crippen molar-refractivity contribution in [1.29, 1.82) is 0 Å². The number of rotatable bonds is 5. The first-order valence-corrected chi connectivity index (χ1v) is 5.83. The summed E-state index contributed by atoms with van der Waals surface area (Å²) >= 11 is 0. The van der Waals surface area contributed by atoms with Crippen LogP contribution in [0.5, 0.6) is 0 Å². The molecule has 3 aromatic rings. The van der Waals surface area contributed by atoms with Gasteiger partial charge in [0.15, 0.2) is 0 Å². The Hall–Kier alpha value is -4.39. The summed E-state index contributed by atoms with van der Waals surface area (Å²) in [6, 6.07) is -2.00. The van der Waals surface area contributed by atoms with E-state index in [9.17, 15) is 30.3 Å². The fourth-order valence-electron chi connectivity index (χ4n) is 1.59. The summed E-state index contributed by atoms with van der Waals surface area (Å²) in [6.45, 7) is 0. The molecule has 0 unspecified atom stereocenters. The molecule has 0 aliphatic rings. The van der Waals surface area contributed by atoms with E-state index in [1.54, 1.807) is 0 Å². The molecule has 0 aliphatic heterocycles. The van der Waals surface area contributed by atoms with Crippen LogP contribution in [-0.4, -0.2) is 50.6 Å². The minimum absolute atomic E-state index is 0.476. The molecule has 0 atom stereocenters. The summed E-state index contributed by atoms with van der Waals surface area (Å²) in [5.41, 5.74) is -1.82. The molecule has 0 aromatic carbocycles. The van der Waals surface area contributed by atoms with Gasteiger partial charge in [-0.05, 0) is 0 Å². The van der Waals surface area contributed by atoms with E-state index < -0.39 is 55.7 Å². The predicted molar refractivity (Wildman–Crippen MR) is 71.1 cm³/mol. The fourth-order valence-corrected chi connectivity index (χ4v) is 1.59. The maximum Gasteiger partial charge on any atom is 0.572 e. The zero-order chi connectivity index (χ0) is 19.4. The average molecular weight is 372 g/mol. The first-order chi connectivity index (χ1) is 12.4. The monoisotopic (exact) mass is 372 g/mol. The molecule has 0 bridgehead atoms. The third kappa shape index (κ3) is 3.13. The van der Waals surface area contributed by atoms with Gasteiger partial charge in [-0.25, -0.2) is 5.90 Å². The molecule has 0 spiro atoms. The van der Waals surface area contributed by atoms with Gasteiger partial charge in [-0.1, -0.05) is 0 Å². The smallest absolute Gasteiger partial charge is 0.359 e. The Kier molecular flexibility index (Phi) is 4.85. The van der Waals surface area contributed by atoms with Crippen LogP contribution in [0.4, 0.5) is 17.7 Å². The molecular weight excluding hydrogens is 368 g/mol. The fraction of sp³-hybridized carbons (Fsp3) is 0. The number of aromatic nitrogens is 6. The van der Waals surface area contributed by atoms with Crippen LogP contribution < -0.4 is 5.90 Å². The first kappa shape index (κ1) is 18.0. The first-order valence-electron chi connectivity index (χ1n) is 5.83. The van der Waals surface area contributed by atoms with Crippen molar-refractivity contribution in [3.8, 4) is 23.2 Å². The van der Waals surface area contributed by atoms with Gasteiger partial charge in [-0.15, -0.1) is 0 Å². The lowest BCUT2D eigenvalue weighted by molar-refractivity contribution is -0.407. The van der Waals surface area contributed by atoms with Crippen LogP contribution in [0.15, 0.2) is 8.83 Å². The Morgan fingerprint density at radius 2 is 1.35 bits per heavy atom. The molecule has 3 aromatic heterocycles. The third-order valence-electron chi connectivity index (χ3n) is 2.48. The number of nitrogens with two attached hydrogens (primary N) is 1. The van der Waals surface area contributed by atoms with Gasteiger partial charge in [-0.3, -0.25) is 15.2 Å². The maximum atomic E-state index is 11.2. The van der Waals surface area contributed by atoms with Crippen molar-refractivity contribution in [2.24, 2.45) is 5.90 Å². The van der Waals surface area contributed by atoms with Crippen molar-refractivity contribution in [3.63, 3.8) is 0 Å². The van der Waals surface area contributed by atoms with Crippen LogP contribution in [0, 0.1) is 30.3 Å². The summed E-state index contributed by atoms with van der Waals surface area (Å²) in [6.07, 6.45) is 0. The van der Waals surface area contributed by atoms with Crippen LogP contribution in [0.25, 0.3) is 23.2 Å². The molecule has 0 saturated carbocycles. The highest BCUT2D eigenvalue weighted by atomic mass is 16.7. The molecule has 0 aliphatic carbocycles. The van der Waals surface area contributed by atoms with E-state index in [1.807, 2.05) is 0 Å². The normalized spacial score (nSPS) is 10.1. The van der Waals surface area contributed by atoms with Crippen molar-refractivity contribution in [2.75, 3.05) is 0 Å². The van der Waals surface area contributed by atoms with Crippen molar-refractivity contribution in [2.45, 2.75) is 0 Å². The number of nitrogens with zero attached hydrogens (tertiary/aromatic N) is 8. The quantitative estimate of drug-likeness (QED) is 0.378. The number of hydrogen-bond donors (Lipinski definition) is 3. The van der Waals surface area contributed by atoms with Gasteiger partial charge in [0, 0.05) is 20.0 Å². The number of H-pyrrole nitrogens is 1. The second-order valence-corrected chi connectivity index (χ2v) is 3.85. The van der Waals surface area contributed by atoms with Crippen molar-refractivity contribution < 1.29 is 28.8 Å². The zero-order valence-electron chi connectivity index (χ0n) is 11.9. The number of nitrogens with one attached hydrogen (secondary N) is 1. The average Bonchev–Trinajstić information content (AvgIpc) is 3.33. The van der Waals surface area contributed by atoms with Gasteiger partial charge in [0.2, 0.25) is 11.4 Å². The molecule has 3 heterocycles. The highest BCUT2D eigenvalue weighted by Gasteiger charge is 2.36. The van der Waals surface area contributed by atoms with E-state index in [0.717, 1.165) is 0 Å². The number of hydrogen-bond acceptors (Lipinski definition) is 15. The van der Waals surface area contributed by atoms with E-state index in [2.05, 4.69) is 45.3 Å². The van der Waals surface area contributed by atoms with E-state index in [-0.39, 0.29) is 0 Å². The second kappa shape index (κ2) is 7.02. The third-order valence-corrected chi connectivity index (χ3v) is 2.48. The van der Waals surface area contributed by atoms with Gasteiger partial charge in [0.1, 0.15) is 10.2 Å². The highest BCUT2D eigenvalue weighted by molar-refractivity contribution is 5.75. The number of nitro groups is 3. The topological polar surface area (TPSA) is 282 Å². The SMILES string of the molecule is NO.O=[N+]([O-])c1nnc(-c2n[nH]c(-c3nnc([N+](=O)[O-])o3)c2[N+](=O)[O-])o1. The molecule has 19 nitrogen and oxygen atoms in total. The van der Waals surface area contributed by atoms with Crippen LogP contribution in [0.3, 0.4) is 0 Å². The van der Waals surface area contributed by atoms with Gasteiger partial charge in [0.05, 0.1) is 4.92 Å². The highest BCUT2D eigenvalue weighted by Crippen LogP contribution is 2.36. The molecule has 4 N–H and O–H groups in total. The Morgan fingerprint density at radius 3 is 1.81 bits per heavy atom. The molecule has 0 fully saturated rings. The summed E-state index contributed by atoms with van der Waals surface area (Å²) in [7, 11) is 0. The predicted octanol–water partition coefficient (Wildman–Crippen LogP) is -0.431. The van der Waals surface area contributed by atoms with E-state index >= 15 is 0 Å². The molecule has 0 radical (unpaired) electrons. The van der Waals surface area contributed by atoms with Gasteiger partial charge >= 0.3 is 29.5 Å². The van der Waals surface area contributed by atoms with Crippen molar-refractivity contribution >= 4 is 17.7 Å². The molecule has 3 rings (SSSR count). The molecular formula is C7H4N10O9. The number of aromatic amines is 1. The summed E-state index contributed by atoms with van der Waals surface area (Å²) in [5.74, 6) is 2.28. The van der Waals surface area contributed by atoms with Crippen LogP contribution in [-0.2, 0) is 0 Å². The Labute approximate surface area is 137 Å². The zero-order valence-corrected chi connectivity index (χ0v) is 11.9.